The molecule has 9 rings (SSSR count). The zero-order valence-electron chi connectivity index (χ0n) is 28.0. The lowest BCUT2D eigenvalue weighted by atomic mass is 9.78. The Morgan fingerprint density at radius 1 is 0.241 bits per heavy atom. The van der Waals surface area contributed by atoms with Crippen molar-refractivity contribution in [1.82, 2.24) is 0 Å². The molecule has 8 heteroatoms. The second kappa shape index (κ2) is 11.7. The van der Waals surface area contributed by atoms with Crippen LogP contribution in [0.1, 0.15) is 11.1 Å². The normalized spacial score (nSPS) is 16.7. The van der Waals surface area contributed by atoms with Gasteiger partial charge in [0.15, 0.2) is 0 Å². The molecule has 54 heavy (non-hydrogen) atoms. The van der Waals surface area contributed by atoms with Crippen molar-refractivity contribution in [3.63, 3.8) is 0 Å². The molecule has 0 saturated heterocycles. The van der Waals surface area contributed by atoms with Crippen molar-refractivity contribution >= 4 is 32.3 Å². The zero-order valence-corrected chi connectivity index (χ0v) is 28.0. The van der Waals surface area contributed by atoms with Crippen LogP contribution in [0.3, 0.4) is 0 Å². The second-order valence-electron chi connectivity index (χ2n) is 13.7. The van der Waals surface area contributed by atoms with Gasteiger partial charge in [-0.3, -0.25) is 0 Å². The first kappa shape index (κ1) is 33.8. The molecule has 0 heterocycles. The Balaban J connectivity index is 1.33. The van der Waals surface area contributed by atoms with E-state index in [1.165, 1.54) is 0 Å². The molecule has 0 aromatic heterocycles. The summed E-state index contributed by atoms with van der Waals surface area (Å²) in [6, 6.07) is 46.5. The first-order valence-corrected chi connectivity index (χ1v) is 17.1. The van der Waals surface area contributed by atoms with Crippen LogP contribution in [0.15, 0.2) is 158 Å². The number of rotatable bonds is 4. The van der Waals surface area contributed by atoms with Crippen molar-refractivity contribution in [2.45, 2.75) is 23.7 Å². The van der Waals surface area contributed by atoms with E-state index in [-0.39, 0.29) is 10.8 Å². The molecule has 0 aliphatic heterocycles. The standard InChI is InChI=1S/C46H26F8/c47-43(48)41-25-39-35-19-17-33(31-15-7-13-29(21-31)27-9-3-1-4-10-27)23-37(35)38-24-34(32-16-8-14-30(22-32)28-11-5-2-6-12-28)18-20-36(38)40(39)26-42(41)44(49,50)46(53,54)45(43,51)52/h1-26H. The Morgan fingerprint density at radius 2 is 0.537 bits per heavy atom. The van der Waals surface area contributed by atoms with Crippen LogP contribution in [0.5, 0.6) is 0 Å². The van der Waals surface area contributed by atoms with Gasteiger partial charge in [0.05, 0.1) is 0 Å². The summed E-state index contributed by atoms with van der Waals surface area (Å²) in [4.78, 5) is 0. The molecule has 0 saturated carbocycles. The fourth-order valence-electron chi connectivity index (χ4n) is 7.68. The molecule has 8 aromatic carbocycles. The average molecular weight is 731 g/mol. The van der Waals surface area contributed by atoms with Gasteiger partial charge in [0.1, 0.15) is 0 Å². The van der Waals surface area contributed by atoms with Gasteiger partial charge >= 0.3 is 23.7 Å². The summed E-state index contributed by atoms with van der Waals surface area (Å²) in [5.41, 5.74) is 3.38. The summed E-state index contributed by atoms with van der Waals surface area (Å²) < 4.78 is 120. The summed E-state index contributed by atoms with van der Waals surface area (Å²) >= 11 is 0. The van der Waals surface area contributed by atoms with Crippen molar-refractivity contribution in [2.24, 2.45) is 0 Å². The van der Waals surface area contributed by atoms with Gasteiger partial charge < -0.3 is 0 Å². The maximum absolute atomic E-state index is 15.4. The Kier molecular flexibility index (Phi) is 7.35. The quantitative estimate of drug-likeness (QED) is 0.125. The Morgan fingerprint density at radius 3 is 0.907 bits per heavy atom. The van der Waals surface area contributed by atoms with Gasteiger partial charge in [0.2, 0.25) is 0 Å². The van der Waals surface area contributed by atoms with Gasteiger partial charge in [-0.1, -0.05) is 121 Å². The van der Waals surface area contributed by atoms with E-state index in [0.29, 0.717) is 33.7 Å². The minimum Gasteiger partial charge on any atom is -0.194 e. The fourth-order valence-corrected chi connectivity index (χ4v) is 7.68. The van der Waals surface area contributed by atoms with Crippen LogP contribution in [0, 0.1) is 0 Å². The second-order valence-corrected chi connectivity index (χ2v) is 13.7. The molecule has 0 unspecified atom stereocenters. The Labute approximate surface area is 303 Å². The van der Waals surface area contributed by atoms with Gasteiger partial charge in [0, 0.05) is 11.1 Å². The number of halogens is 8. The van der Waals surface area contributed by atoms with Crippen LogP contribution in [0.4, 0.5) is 35.1 Å². The summed E-state index contributed by atoms with van der Waals surface area (Å²) in [6.07, 6.45) is 0. The molecule has 1 aliphatic rings. The summed E-state index contributed by atoms with van der Waals surface area (Å²) in [6.45, 7) is 0. The summed E-state index contributed by atoms with van der Waals surface area (Å²) in [5, 5.41) is 1.58. The van der Waals surface area contributed by atoms with Crippen LogP contribution < -0.4 is 0 Å². The number of hydrogen-bond acceptors (Lipinski definition) is 0. The molecule has 0 nitrogen and oxygen atoms in total. The van der Waals surface area contributed by atoms with Crippen molar-refractivity contribution in [3.05, 3.63) is 169 Å². The molecule has 266 valence electrons. The molecule has 0 bridgehead atoms. The third-order valence-electron chi connectivity index (χ3n) is 10.5. The van der Waals surface area contributed by atoms with Crippen molar-refractivity contribution in [3.8, 4) is 44.5 Å². The van der Waals surface area contributed by atoms with Crippen LogP contribution >= 0.6 is 0 Å². The van der Waals surface area contributed by atoms with E-state index in [2.05, 4.69) is 0 Å². The third-order valence-corrected chi connectivity index (χ3v) is 10.5. The Hall–Kier alpha value is -6.02. The van der Waals surface area contributed by atoms with Crippen LogP contribution in [-0.2, 0) is 11.8 Å². The lowest BCUT2D eigenvalue weighted by Gasteiger charge is -2.43. The molecular weight excluding hydrogens is 704 g/mol. The monoisotopic (exact) mass is 730 g/mol. The molecule has 1 aliphatic carbocycles. The van der Waals surface area contributed by atoms with E-state index in [1.807, 2.05) is 121 Å². The third kappa shape index (κ3) is 4.82. The van der Waals surface area contributed by atoms with E-state index < -0.39 is 34.8 Å². The highest BCUT2D eigenvalue weighted by molar-refractivity contribution is 6.26. The van der Waals surface area contributed by atoms with Gasteiger partial charge in [-0.25, -0.2) is 0 Å². The summed E-state index contributed by atoms with van der Waals surface area (Å²) in [7, 11) is 0. The molecule has 0 amide bonds. The lowest BCUT2D eigenvalue weighted by Crippen LogP contribution is -2.63. The average Bonchev–Trinajstić information content (AvgIpc) is 3.20. The fraction of sp³-hybridized carbons (Fsp3) is 0.0870. The highest BCUT2D eigenvalue weighted by Gasteiger charge is 2.85. The molecular formula is C46H26F8. The minimum atomic E-state index is -6.35. The summed E-state index contributed by atoms with van der Waals surface area (Å²) in [5.74, 6) is -23.9. The van der Waals surface area contributed by atoms with E-state index in [1.54, 1.807) is 24.3 Å². The number of alkyl halides is 8. The molecule has 8 aromatic rings. The van der Waals surface area contributed by atoms with E-state index >= 15 is 17.6 Å². The molecule has 0 radical (unpaired) electrons. The molecule has 0 atom stereocenters. The van der Waals surface area contributed by atoms with Gasteiger partial charge in [-0.05, 0) is 113 Å². The van der Waals surface area contributed by atoms with E-state index in [9.17, 15) is 17.6 Å². The van der Waals surface area contributed by atoms with E-state index in [0.717, 1.165) is 44.5 Å². The highest BCUT2D eigenvalue weighted by Crippen LogP contribution is 2.65. The SMILES string of the molecule is FC1(F)c2cc3c4ccc(-c5cccc(-c6ccccc6)c5)cc4c4cc(-c5cccc(-c6ccccc6)c5)ccc4c3cc2C(F)(F)C(F)(F)C1(F)F. The number of fused-ring (bicyclic) bond motifs is 7. The zero-order chi connectivity index (χ0) is 37.6. The van der Waals surface area contributed by atoms with Crippen LogP contribution in [-0.4, -0.2) is 11.8 Å². The number of benzene rings is 8. The van der Waals surface area contributed by atoms with Crippen LogP contribution in [0.25, 0.3) is 76.8 Å². The molecule has 0 fully saturated rings. The smallest absolute Gasteiger partial charge is 0.194 e. The minimum absolute atomic E-state index is 0.0452. The molecule has 0 spiro atoms. The lowest BCUT2D eigenvalue weighted by molar-refractivity contribution is -0.386. The molecule has 0 N–H and O–H groups in total. The maximum atomic E-state index is 15.4. The van der Waals surface area contributed by atoms with Gasteiger partial charge in [-0.2, -0.15) is 35.1 Å². The largest absolute Gasteiger partial charge is 0.382 e. The predicted octanol–water partition coefficient (Wildman–Crippen LogP) is 14.3. The van der Waals surface area contributed by atoms with Gasteiger partial charge in [0.25, 0.3) is 0 Å². The first-order chi connectivity index (χ1) is 25.8. The van der Waals surface area contributed by atoms with Crippen molar-refractivity contribution in [1.29, 1.82) is 0 Å². The first-order valence-electron chi connectivity index (χ1n) is 17.1. The number of hydrogen-bond donors (Lipinski definition) is 0. The van der Waals surface area contributed by atoms with Gasteiger partial charge in [-0.15, -0.1) is 0 Å². The maximum Gasteiger partial charge on any atom is 0.382 e. The topological polar surface area (TPSA) is 0 Å². The highest BCUT2D eigenvalue weighted by atomic mass is 19.4. The van der Waals surface area contributed by atoms with Crippen LogP contribution in [0.2, 0.25) is 0 Å². The predicted molar refractivity (Wildman–Crippen MR) is 198 cm³/mol. The van der Waals surface area contributed by atoms with Crippen molar-refractivity contribution in [2.75, 3.05) is 0 Å². The Bertz CT molecular complexity index is 2580. The van der Waals surface area contributed by atoms with Crippen molar-refractivity contribution < 1.29 is 35.1 Å². The van der Waals surface area contributed by atoms with E-state index in [4.69, 9.17) is 0 Å².